The van der Waals surface area contributed by atoms with E-state index >= 15 is 0 Å². The van der Waals surface area contributed by atoms with Crippen LogP contribution in [0.3, 0.4) is 0 Å². The fourth-order valence-corrected chi connectivity index (χ4v) is 4.78. The first-order valence-electron chi connectivity index (χ1n) is 12.1. The van der Waals surface area contributed by atoms with Gasteiger partial charge in [0.15, 0.2) is 5.82 Å². The Morgan fingerprint density at radius 3 is 2.62 bits per heavy atom. The lowest BCUT2D eigenvalue weighted by Gasteiger charge is -2.14. The number of anilines is 2. The molecule has 1 aliphatic rings. The van der Waals surface area contributed by atoms with Crippen molar-refractivity contribution in [3.05, 3.63) is 58.2 Å². The molecule has 2 aromatic heterocycles. The van der Waals surface area contributed by atoms with Crippen molar-refractivity contribution < 1.29 is 19.5 Å². The molecule has 12 heteroatoms. The fraction of sp³-hybridized carbons (Fsp3) is 0.400. The first-order valence-corrected chi connectivity index (χ1v) is 12.9. The van der Waals surface area contributed by atoms with E-state index in [0.29, 0.717) is 17.4 Å². The predicted molar refractivity (Wildman–Crippen MR) is 138 cm³/mol. The quantitative estimate of drug-likeness (QED) is 0.323. The van der Waals surface area contributed by atoms with Crippen LogP contribution in [0.5, 0.6) is 0 Å². The van der Waals surface area contributed by atoms with Crippen LogP contribution >= 0.6 is 11.3 Å². The number of hydrogen-bond donors (Lipinski definition) is 3. The van der Waals surface area contributed by atoms with E-state index in [4.69, 9.17) is 0 Å². The SMILES string of the molecule is Cc1cccc(CC(=O)Nc2ccc(CCCCc3nnc(NC(=O)CN4C[C@@H](O)CC4=O)s3)nn2)c1. The first-order chi connectivity index (χ1) is 17.8. The molecule has 1 atom stereocenters. The number of amides is 3. The molecule has 0 radical (unpaired) electrons. The first kappa shape index (κ1) is 26.3. The maximum Gasteiger partial charge on any atom is 0.245 e. The summed E-state index contributed by atoms with van der Waals surface area (Å²) in [5.74, 6) is -0.306. The van der Waals surface area contributed by atoms with E-state index in [-0.39, 0.29) is 43.7 Å². The molecule has 11 nitrogen and oxygen atoms in total. The second kappa shape index (κ2) is 12.5. The van der Waals surface area contributed by atoms with E-state index in [1.165, 1.54) is 16.2 Å². The molecule has 1 aromatic carbocycles. The number of aliphatic hydroxyl groups is 1. The normalized spacial score (nSPS) is 15.1. The van der Waals surface area contributed by atoms with E-state index in [9.17, 15) is 19.5 Å². The number of likely N-dealkylation sites (tertiary alicyclic amines) is 1. The number of benzene rings is 1. The van der Waals surface area contributed by atoms with Crippen molar-refractivity contribution in [2.45, 2.75) is 51.6 Å². The molecule has 4 rings (SSSR count). The van der Waals surface area contributed by atoms with Gasteiger partial charge in [-0.2, -0.15) is 5.10 Å². The summed E-state index contributed by atoms with van der Waals surface area (Å²) in [5.41, 5.74) is 2.90. The van der Waals surface area contributed by atoms with Crippen LogP contribution in [0.4, 0.5) is 10.9 Å². The highest BCUT2D eigenvalue weighted by molar-refractivity contribution is 7.15. The van der Waals surface area contributed by atoms with Gasteiger partial charge < -0.3 is 15.3 Å². The van der Waals surface area contributed by atoms with Gasteiger partial charge in [0.05, 0.1) is 24.6 Å². The number of aliphatic hydroxyl groups excluding tert-OH is 1. The average Bonchev–Trinajstić information content (AvgIpc) is 3.42. The summed E-state index contributed by atoms with van der Waals surface area (Å²) in [6, 6.07) is 11.4. The Morgan fingerprint density at radius 2 is 1.89 bits per heavy atom. The highest BCUT2D eigenvalue weighted by Gasteiger charge is 2.29. The summed E-state index contributed by atoms with van der Waals surface area (Å²) in [6.07, 6.45) is 2.80. The second-order valence-corrected chi connectivity index (χ2v) is 10.1. The van der Waals surface area contributed by atoms with Crippen LogP contribution in [0.1, 0.15) is 41.1 Å². The lowest BCUT2D eigenvalue weighted by molar-refractivity contribution is -0.131. The van der Waals surface area contributed by atoms with Crippen molar-refractivity contribution in [3.8, 4) is 0 Å². The van der Waals surface area contributed by atoms with Gasteiger partial charge in [-0.25, -0.2) is 0 Å². The molecule has 3 aromatic rings. The molecule has 0 saturated carbocycles. The molecule has 1 fully saturated rings. The predicted octanol–water partition coefficient (Wildman–Crippen LogP) is 1.91. The van der Waals surface area contributed by atoms with Crippen molar-refractivity contribution in [3.63, 3.8) is 0 Å². The van der Waals surface area contributed by atoms with Crippen LogP contribution in [-0.2, 0) is 33.6 Å². The van der Waals surface area contributed by atoms with Crippen LogP contribution in [0.2, 0.25) is 0 Å². The summed E-state index contributed by atoms with van der Waals surface area (Å²) in [4.78, 5) is 37.4. The van der Waals surface area contributed by atoms with Gasteiger partial charge >= 0.3 is 0 Å². The standard InChI is InChI=1S/C25H29N7O4S/c1-16-5-4-6-17(11-16)12-21(34)26-20-10-9-18(28-29-20)7-2-3-8-23-30-31-25(37-23)27-22(35)15-32-14-19(33)13-24(32)36/h4-6,9-11,19,33H,2-3,7-8,12-15H2,1H3,(H,26,29,34)(H,27,31,35)/t19-/m0/s1. The minimum absolute atomic E-state index is 0.0526. The number of β-amino-alcohol motifs (C(OH)–C–C–N with tert-alkyl or cyclic N) is 1. The number of carbonyl (C=O) groups is 3. The van der Waals surface area contributed by atoms with E-state index in [2.05, 4.69) is 31.0 Å². The molecule has 1 aliphatic heterocycles. The Labute approximate surface area is 218 Å². The second-order valence-electron chi connectivity index (χ2n) is 9.01. The monoisotopic (exact) mass is 523 g/mol. The lowest BCUT2D eigenvalue weighted by atomic mass is 10.1. The zero-order valence-corrected chi connectivity index (χ0v) is 21.3. The van der Waals surface area contributed by atoms with Crippen LogP contribution < -0.4 is 10.6 Å². The molecule has 0 aliphatic carbocycles. The molecule has 3 N–H and O–H groups in total. The zero-order chi connectivity index (χ0) is 26.2. The largest absolute Gasteiger partial charge is 0.391 e. The molecule has 0 bridgehead atoms. The summed E-state index contributed by atoms with van der Waals surface area (Å²) in [5, 5.41) is 32.6. The Hall–Kier alpha value is -3.77. The molecule has 3 heterocycles. The van der Waals surface area contributed by atoms with Gasteiger partial charge in [0, 0.05) is 13.0 Å². The Kier molecular flexibility index (Phi) is 8.86. The molecular formula is C25H29N7O4S. The number of unbranched alkanes of at least 4 members (excludes halogenated alkanes) is 1. The van der Waals surface area contributed by atoms with E-state index in [1.54, 1.807) is 6.07 Å². The number of hydrogen-bond acceptors (Lipinski definition) is 9. The van der Waals surface area contributed by atoms with Crippen LogP contribution in [0, 0.1) is 6.92 Å². The maximum atomic E-state index is 12.2. The van der Waals surface area contributed by atoms with Gasteiger partial charge in [-0.15, -0.1) is 15.3 Å². The number of aryl methyl sites for hydroxylation is 3. The van der Waals surface area contributed by atoms with Crippen molar-refractivity contribution in [2.24, 2.45) is 0 Å². The Morgan fingerprint density at radius 1 is 1.05 bits per heavy atom. The Balaban J connectivity index is 1.14. The zero-order valence-electron chi connectivity index (χ0n) is 20.5. The highest BCUT2D eigenvalue weighted by atomic mass is 32.1. The number of carbonyl (C=O) groups excluding carboxylic acids is 3. The summed E-state index contributed by atoms with van der Waals surface area (Å²) >= 11 is 1.30. The van der Waals surface area contributed by atoms with Gasteiger partial charge in [0.25, 0.3) is 0 Å². The summed E-state index contributed by atoms with van der Waals surface area (Å²) < 4.78 is 0. The van der Waals surface area contributed by atoms with E-state index < -0.39 is 6.10 Å². The van der Waals surface area contributed by atoms with Gasteiger partial charge in [-0.1, -0.05) is 41.2 Å². The maximum absolute atomic E-state index is 12.2. The highest BCUT2D eigenvalue weighted by Crippen LogP contribution is 2.18. The number of aromatic nitrogens is 4. The van der Waals surface area contributed by atoms with Crippen molar-refractivity contribution in [2.75, 3.05) is 23.7 Å². The van der Waals surface area contributed by atoms with Crippen molar-refractivity contribution >= 4 is 40.0 Å². The number of nitrogens with one attached hydrogen (secondary N) is 2. The minimum Gasteiger partial charge on any atom is -0.391 e. The van der Waals surface area contributed by atoms with E-state index in [1.807, 2.05) is 37.3 Å². The third kappa shape index (κ3) is 8.12. The molecule has 3 amide bonds. The molecule has 0 unspecified atom stereocenters. The van der Waals surface area contributed by atoms with Gasteiger partial charge in [-0.05, 0) is 43.9 Å². The number of rotatable bonds is 11. The van der Waals surface area contributed by atoms with Crippen LogP contribution in [-0.4, -0.2) is 67.3 Å². The van der Waals surface area contributed by atoms with Crippen molar-refractivity contribution in [1.29, 1.82) is 0 Å². The van der Waals surface area contributed by atoms with E-state index in [0.717, 1.165) is 41.1 Å². The lowest BCUT2D eigenvalue weighted by Crippen LogP contribution is -2.34. The fourth-order valence-electron chi connectivity index (χ4n) is 3.98. The third-order valence-electron chi connectivity index (χ3n) is 5.75. The Bertz CT molecular complexity index is 1250. The molecule has 37 heavy (non-hydrogen) atoms. The topological polar surface area (TPSA) is 150 Å². The average molecular weight is 524 g/mol. The molecule has 0 spiro atoms. The minimum atomic E-state index is -0.715. The van der Waals surface area contributed by atoms with Crippen LogP contribution in [0.25, 0.3) is 0 Å². The smallest absolute Gasteiger partial charge is 0.245 e. The number of nitrogens with zero attached hydrogens (tertiary/aromatic N) is 5. The summed E-state index contributed by atoms with van der Waals surface area (Å²) in [6.45, 7) is 2.05. The van der Waals surface area contributed by atoms with Gasteiger partial charge in [0.1, 0.15) is 11.6 Å². The van der Waals surface area contributed by atoms with Crippen LogP contribution in [0.15, 0.2) is 36.4 Å². The van der Waals surface area contributed by atoms with Gasteiger partial charge in [0.2, 0.25) is 22.9 Å². The molecule has 1 saturated heterocycles. The summed E-state index contributed by atoms with van der Waals surface area (Å²) in [7, 11) is 0. The molecule has 194 valence electrons. The van der Waals surface area contributed by atoms with Gasteiger partial charge in [-0.3, -0.25) is 19.7 Å². The van der Waals surface area contributed by atoms with Crippen molar-refractivity contribution in [1.82, 2.24) is 25.3 Å². The third-order valence-corrected chi connectivity index (χ3v) is 6.65. The molecular weight excluding hydrogens is 494 g/mol.